The van der Waals surface area contributed by atoms with Crippen LogP contribution in [0.1, 0.15) is 12.8 Å². The molecule has 3 N–H and O–H groups in total. The van der Waals surface area contributed by atoms with Gasteiger partial charge in [0.2, 0.25) is 11.8 Å². The standard InChI is InChI=1S/C12H22N4O2/c1-15(10-5-14-6-10)8-11(17)16-4-2-3-9(7-16)12(13)18/h9-10,14H,2-8H2,1H3,(H2,13,18). The van der Waals surface area contributed by atoms with Crippen molar-refractivity contribution < 1.29 is 9.59 Å². The van der Waals surface area contributed by atoms with Crippen LogP contribution in [0.4, 0.5) is 0 Å². The predicted molar refractivity (Wildman–Crippen MR) is 67.8 cm³/mol. The third kappa shape index (κ3) is 3.00. The molecule has 102 valence electrons. The Bertz CT molecular complexity index is 330. The molecular weight excluding hydrogens is 232 g/mol. The molecule has 1 unspecified atom stereocenters. The van der Waals surface area contributed by atoms with Gasteiger partial charge in [-0.3, -0.25) is 14.5 Å². The Hall–Kier alpha value is -1.14. The van der Waals surface area contributed by atoms with Crippen molar-refractivity contribution in [1.29, 1.82) is 0 Å². The van der Waals surface area contributed by atoms with Crippen LogP contribution >= 0.6 is 0 Å². The number of nitrogens with zero attached hydrogens (tertiary/aromatic N) is 2. The van der Waals surface area contributed by atoms with Gasteiger partial charge in [-0.1, -0.05) is 0 Å². The average molecular weight is 254 g/mol. The average Bonchev–Trinajstić information content (AvgIpc) is 2.26. The van der Waals surface area contributed by atoms with E-state index in [1.165, 1.54) is 0 Å². The van der Waals surface area contributed by atoms with Gasteiger partial charge in [-0.25, -0.2) is 0 Å². The van der Waals surface area contributed by atoms with Gasteiger partial charge < -0.3 is 16.0 Å². The van der Waals surface area contributed by atoms with Gasteiger partial charge >= 0.3 is 0 Å². The molecule has 6 heteroatoms. The largest absolute Gasteiger partial charge is 0.369 e. The summed E-state index contributed by atoms with van der Waals surface area (Å²) in [7, 11) is 1.97. The molecule has 2 amide bonds. The lowest BCUT2D eigenvalue weighted by Gasteiger charge is -2.37. The number of primary amides is 1. The smallest absolute Gasteiger partial charge is 0.236 e. The maximum atomic E-state index is 12.1. The van der Waals surface area contributed by atoms with Gasteiger partial charge in [0.15, 0.2) is 0 Å². The fourth-order valence-corrected chi connectivity index (χ4v) is 2.46. The highest BCUT2D eigenvalue weighted by atomic mass is 16.2. The molecule has 0 bridgehead atoms. The number of piperidine rings is 1. The van der Waals surface area contributed by atoms with Crippen LogP contribution in [0.25, 0.3) is 0 Å². The summed E-state index contributed by atoms with van der Waals surface area (Å²) in [5.41, 5.74) is 5.31. The van der Waals surface area contributed by atoms with Gasteiger partial charge in [-0.2, -0.15) is 0 Å². The van der Waals surface area contributed by atoms with Crippen molar-refractivity contribution in [1.82, 2.24) is 15.1 Å². The van der Waals surface area contributed by atoms with E-state index in [-0.39, 0.29) is 17.7 Å². The number of likely N-dealkylation sites (N-methyl/N-ethyl adjacent to an activating group) is 1. The maximum absolute atomic E-state index is 12.1. The zero-order valence-electron chi connectivity index (χ0n) is 10.9. The van der Waals surface area contributed by atoms with E-state index in [1.54, 1.807) is 4.90 Å². The Morgan fingerprint density at radius 2 is 2.17 bits per heavy atom. The van der Waals surface area contributed by atoms with E-state index < -0.39 is 0 Å². The minimum atomic E-state index is -0.288. The molecule has 18 heavy (non-hydrogen) atoms. The first-order chi connectivity index (χ1) is 8.58. The first kappa shape index (κ1) is 13.3. The van der Waals surface area contributed by atoms with Gasteiger partial charge in [-0.15, -0.1) is 0 Å². The van der Waals surface area contributed by atoms with Crippen LogP contribution in [0.15, 0.2) is 0 Å². The Morgan fingerprint density at radius 1 is 1.44 bits per heavy atom. The number of hydrogen-bond donors (Lipinski definition) is 2. The summed E-state index contributed by atoms with van der Waals surface area (Å²) in [4.78, 5) is 27.2. The highest BCUT2D eigenvalue weighted by Gasteiger charge is 2.29. The van der Waals surface area contributed by atoms with Crippen LogP contribution in [0.3, 0.4) is 0 Å². The van der Waals surface area contributed by atoms with E-state index in [9.17, 15) is 9.59 Å². The van der Waals surface area contributed by atoms with Gasteiger partial charge in [-0.05, 0) is 19.9 Å². The Labute approximate surface area is 107 Å². The van der Waals surface area contributed by atoms with Crippen LogP contribution in [0.2, 0.25) is 0 Å². The number of rotatable bonds is 4. The Kier molecular flexibility index (Phi) is 4.19. The summed E-state index contributed by atoms with van der Waals surface area (Å²) in [6.45, 7) is 3.57. The molecule has 2 heterocycles. The summed E-state index contributed by atoms with van der Waals surface area (Å²) in [6, 6.07) is 0.464. The van der Waals surface area contributed by atoms with Crippen molar-refractivity contribution >= 4 is 11.8 Å². The molecule has 0 radical (unpaired) electrons. The second kappa shape index (κ2) is 5.67. The normalized spacial score (nSPS) is 25.0. The van der Waals surface area contributed by atoms with Crippen LogP contribution in [0, 0.1) is 5.92 Å². The molecule has 0 spiro atoms. The Morgan fingerprint density at radius 3 is 2.72 bits per heavy atom. The highest BCUT2D eigenvalue weighted by Crippen LogP contribution is 2.16. The minimum absolute atomic E-state index is 0.107. The highest BCUT2D eigenvalue weighted by molar-refractivity contribution is 5.81. The van der Waals surface area contributed by atoms with Gasteiger partial charge in [0.1, 0.15) is 0 Å². The van der Waals surface area contributed by atoms with Gasteiger partial charge in [0.05, 0.1) is 12.5 Å². The minimum Gasteiger partial charge on any atom is -0.369 e. The molecule has 2 rings (SSSR count). The number of likely N-dealkylation sites (tertiary alicyclic amines) is 1. The number of carbonyl (C=O) groups is 2. The molecule has 2 aliphatic heterocycles. The fourth-order valence-electron chi connectivity index (χ4n) is 2.46. The van der Waals surface area contributed by atoms with Crippen molar-refractivity contribution in [3.05, 3.63) is 0 Å². The number of nitrogens with two attached hydrogens (primary N) is 1. The second-order valence-corrected chi connectivity index (χ2v) is 5.31. The summed E-state index contributed by atoms with van der Waals surface area (Å²) in [6.07, 6.45) is 1.68. The van der Waals surface area contributed by atoms with E-state index in [0.29, 0.717) is 19.1 Å². The lowest BCUT2D eigenvalue weighted by atomic mass is 9.97. The first-order valence-corrected chi connectivity index (χ1v) is 6.56. The molecule has 2 aliphatic rings. The quantitative estimate of drug-likeness (QED) is 0.648. The fraction of sp³-hybridized carbons (Fsp3) is 0.833. The second-order valence-electron chi connectivity index (χ2n) is 5.31. The van der Waals surface area contributed by atoms with Crippen molar-refractivity contribution in [3.8, 4) is 0 Å². The molecule has 0 aromatic carbocycles. The number of carbonyl (C=O) groups excluding carboxylic acids is 2. The number of hydrogen-bond acceptors (Lipinski definition) is 4. The summed E-state index contributed by atoms with van der Waals surface area (Å²) < 4.78 is 0. The lowest BCUT2D eigenvalue weighted by molar-refractivity contribution is -0.136. The number of nitrogens with one attached hydrogen (secondary N) is 1. The van der Waals surface area contributed by atoms with Gasteiger partial charge in [0.25, 0.3) is 0 Å². The van der Waals surface area contributed by atoms with Crippen LogP contribution in [-0.2, 0) is 9.59 Å². The van der Waals surface area contributed by atoms with E-state index in [2.05, 4.69) is 10.2 Å². The molecule has 2 saturated heterocycles. The van der Waals surface area contributed by atoms with Crippen molar-refractivity contribution in [2.45, 2.75) is 18.9 Å². The Balaban J connectivity index is 1.82. The monoisotopic (exact) mass is 254 g/mol. The third-order valence-corrected chi connectivity index (χ3v) is 3.94. The summed E-state index contributed by atoms with van der Waals surface area (Å²) >= 11 is 0. The predicted octanol–water partition coefficient (Wildman–Crippen LogP) is -1.39. The van der Waals surface area contributed by atoms with Crippen molar-refractivity contribution in [2.24, 2.45) is 11.7 Å². The van der Waals surface area contributed by atoms with Crippen molar-refractivity contribution in [2.75, 3.05) is 39.8 Å². The molecule has 0 aliphatic carbocycles. The van der Waals surface area contributed by atoms with E-state index in [4.69, 9.17) is 5.73 Å². The summed E-state index contributed by atoms with van der Waals surface area (Å²) in [5, 5.41) is 3.19. The molecular formula is C12H22N4O2. The molecule has 2 fully saturated rings. The molecule has 0 aromatic heterocycles. The van der Waals surface area contributed by atoms with Crippen LogP contribution in [0.5, 0.6) is 0 Å². The first-order valence-electron chi connectivity index (χ1n) is 6.56. The molecule has 6 nitrogen and oxygen atoms in total. The SMILES string of the molecule is CN(CC(=O)N1CCCC(C(N)=O)C1)C1CNC1. The van der Waals surface area contributed by atoms with E-state index in [0.717, 1.165) is 32.5 Å². The van der Waals surface area contributed by atoms with Crippen LogP contribution in [-0.4, -0.2) is 67.4 Å². The molecule has 1 atom stereocenters. The zero-order valence-corrected chi connectivity index (χ0v) is 10.9. The number of amides is 2. The van der Waals surface area contributed by atoms with Crippen molar-refractivity contribution in [3.63, 3.8) is 0 Å². The third-order valence-electron chi connectivity index (χ3n) is 3.94. The maximum Gasteiger partial charge on any atom is 0.236 e. The summed E-state index contributed by atoms with van der Waals surface area (Å²) in [5.74, 6) is -0.349. The lowest BCUT2D eigenvalue weighted by Crippen LogP contribution is -2.58. The zero-order chi connectivity index (χ0) is 13.1. The topological polar surface area (TPSA) is 78.7 Å². The van der Waals surface area contributed by atoms with Crippen LogP contribution < -0.4 is 11.1 Å². The van der Waals surface area contributed by atoms with Gasteiger partial charge in [0, 0.05) is 32.2 Å². The molecule has 0 aromatic rings. The van der Waals surface area contributed by atoms with E-state index in [1.807, 2.05) is 7.05 Å². The molecule has 0 saturated carbocycles. The van der Waals surface area contributed by atoms with E-state index >= 15 is 0 Å².